The third kappa shape index (κ3) is 1.50. The second-order valence-corrected chi connectivity index (χ2v) is 3.71. The summed E-state index contributed by atoms with van der Waals surface area (Å²) in [7, 11) is 0. The van der Waals surface area contributed by atoms with Crippen molar-refractivity contribution in [2.24, 2.45) is 0 Å². The van der Waals surface area contributed by atoms with E-state index in [-0.39, 0.29) is 0 Å². The molecule has 0 atom stereocenters. The summed E-state index contributed by atoms with van der Waals surface area (Å²) < 4.78 is 3.96. The summed E-state index contributed by atoms with van der Waals surface area (Å²) in [6.07, 6.45) is 3.86. The van der Waals surface area contributed by atoms with E-state index in [1.165, 1.54) is 30.8 Å². The summed E-state index contributed by atoms with van der Waals surface area (Å²) in [6, 6.07) is 0. The highest BCUT2D eigenvalue weighted by atomic mass is 32.1. The molecule has 0 aliphatic carbocycles. The first kappa shape index (κ1) is 7.79. The number of piperidine rings is 1. The van der Waals surface area contributed by atoms with Gasteiger partial charge in [-0.05, 0) is 19.3 Å². The van der Waals surface area contributed by atoms with Crippen molar-refractivity contribution in [3.63, 3.8) is 0 Å². The minimum Gasteiger partial charge on any atom is -0.367 e. The van der Waals surface area contributed by atoms with Gasteiger partial charge in [0.15, 0.2) is 0 Å². The fourth-order valence-electron chi connectivity index (χ4n) is 1.44. The first-order valence-electron chi connectivity index (χ1n) is 4.20. The van der Waals surface area contributed by atoms with Gasteiger partial charge in [-0.3, -0.25) is 0 Å². The second kappa shape index (κ2) is 3.26. The number of anilines is 2. The van der Waals surface area contributed by atoms with Crippen LogP contribution in [0.1, 0.15) is 19.3 Å². The highest BCUT2D eigenvalue weighted by Crippen LogP contribution is 2.21. The zero-order valence-electron chi connectivity index (χ0n) is 6.86. The van der Waals surface area contributed by atoms with E-state index in [2.05, 4.69) is 14.3 Å². The standard InChI is InChI=1S/C7H12N4S/c8-6-9-7(12-10-6)11-4-2-1-3-5-11/h1-5H2,(H2,8,10). The Kier molecular flexibility index (Phi) is 2.12. The monoisotopic (exact) mass is 184 g/mol. The highest BCUT2D eigenvalue weighted by Gasteiger charge is 2.13. The fraction of sp³-hybridized carbons (Fsp3) is 0.714. The molecule has 1 aromatic rings. The number of hydrogen-bond donors (Lipinski definition) is 1. The van der Waals surface area contributed by atoms with Gasteiger partial charge in [-0.25, -0.2) is 0 Å². The van der Waals surface area contributed by atoms with E-state index in [1.807, 2.05) is 0 Å². The smallest absolute Gasteiger partial charge is 0.233 e. The number of hydrogen-bond acceptors (Lipinski definition) is 5. The van der Waals surface area contributed by atoms with Crippen LogP contribution in [0.3, 0.4) is 0 Å². The number of rotatable bonds is 1. The summed E-state index contributed by atoms with van der Waals surface area (Å²) in [5.41, 5.74) is 5.45. The predicted molar refractivity (Wildman–Crippen MR) is 50.4 cm³/mol. The number of nitrogens with zero attached hydrogens (tertiary/aromatic N) is 3. The van der Waals surface area contributed by atoms with Gasteiger partial charge < -0.3 is 10.6 Å². The molecule has 1 saturated heterocycles. The molecule has 0 aromatic carbocycles. The van der Waals surface area contributed by atoms with E-state index in [4.69, 9.17) is 5.73 Å². The van der Waals surface area contributed by atoms with E-state index < -0.39 is 0 Å². The van der Waals surface area contributed by atoms with Gasteiger partial charge in [0.2, 0.25) is 11.1 Å². The van der Waals surface area contributed by atoms with Gasteiger partial charge in [0.1, 0.15) is 0 Å². The Hall–Kier alpha value is -0.840. The van der Waals surface area contributed by atoms with E-state index >= 15 is 0 Å². The minimum atomic E-state index is 0.403. The molecule has 1 aromatic heterocycles. The number of nitrogens with two attached hydrogens (primary N) is 1. The first-order chi connectivity index (χ1) is 5.86. The van der Waals surface area contributed by atoms with Crippen LogP contribution in [0, 0.1) is 0 Å². The average Bonchev–Trinajstić information content (AvgIpc) is 2.54. The molecule has 0 bridgehead atoms. The van der Waals surface area contributed by atoms with Crippen molar-refractivity contribution in [2.75, 3.05) is 23.7 Å². The van der Waals surface area contributed by atoms with Crippen molar-refractivity contribution in [1.82, 2.24) is 9.36 Å². The van der Waals surface area contributed by atoms with Crippen LogP contribution in [-0.2, 0) is 0 Å². The molecule has 1 fully saturated rings. The molecule has 12 heavy (non-hydrogen) atoms. The Morgan fingerprint density at radius 3 is 2.58 bits per heavy atom. The van der Waals surface area contributed by atoms with Gasteiger partial charge in [-0.2, -0.15) is 9.36 Å². The molecule has 0 radical (unpaired) electrons. The Morgan fingerprint density at radius 1 is 1.25 bits per heavy atom. The number of aromatic nitrogens is 2. The molecule has 2 rings (SSSR count). The van der Waals surface area contributed by atoms with Crippen molar-refractivity contribution >= 4 is 22.6 Å². The summed E-state index contributed by atoms with van der Waals surface area (Å²) >= 11 is 1.40. The highest BCUT2D eigenvalue weighted by molar-refractivity contribution is 7.09. The quantitative estimate of drug-likeness (QED) is 0.710. The molecule has 4 nitrogen and oxygen atoms in total. The van der Waals surface area contributed by atoms with Crippen molar-refractivity contribution in [2.45, 2.75) is 19.3 Å². The summed E-state index contributed by atoms with van der Waals surface area (Å²) in [5, 5.41) is 0.979. The molecule has 5 heteroatoms. The summed E-state index contributed by atoms with van der Waals surface area (Å²) in [5.74, 6) is 0.403. The SMILES string of the molecule is Nc1nsc(N2CCCCC2)n1. The summed E-state index contributed by atoms with van der Waals surface area (Å²) in [4.78, 5) is 6.41. The molecule has 2 N–H and O–H groups in total. The number of nitrogen functional groups attached to an aromatic ring is 1. The van der Waals surface area contributed by atoms with Crippen LogP contribution in [0.4, 0.5) is 11.1 Å². The van der Waals surface area contributed by atoms with Crippen LogP contribution in [0.25, 0.3) is 0 Å². The van der Waals surface area contributed by atoms with E-state index in [0.29, 0.717) is 5.95 Å². The topological polar surface area (TPSA) is 55.0 Å². The second-order valence-electron chi connectivity index (χ2n) is 2.98. The van der Waals surface area contributed by atoms with Crippen molar-refractivity contribution in [3.05, 3.63) is 0 Å². The normalized spacial score (nSPS) is 18.2. The molecule has 0 saturated carbocycles. The minimum absolute atomic E-state index is 0.403. The third-order valence-corrected chi connectivity index (χ3v) is 2.85. The van der Waals surface area contributed by atoms with Gasteiger partial charge >= 0.3 is 0 Å². The lowest BCUT2D eigenvalue weighted by molar-refractivity contribution is 0.577. The lowest BCUT2D eigenvalue weighted by atomic mass is 10.1. The van der Waals surface area contributed by atoms with Crippen LogP contribution in [0.5, 0.6) is 0 Å². The molecular weight excluding hydrogens is 172 g/mol. The van der Waals surface area contributed by atoms with Crippen molar-refractivity contribution in [1.29, 1.82) is 0 Å². The average molecular weight is 184 g/mol. The van der Waals surface area contributed by atoms with Gasteiger partial charge in [-0.1, -0.05) is 0 Å². The van der Waals surface area contributed by atoms with E-state index in [0.717, 1.165) is 18.2 Å². The van der Waals surface area contributed by atoms with Gasteiger partial charge in [0.25, 0.3) is 0 Å². The van der Waals surface area contributed by atoms with Crippen LogP contribution in [0.15, 0.2) is 0 Å². The molecule has 0 unspecified atom stereocenters. The fourth-order valence-corrected chi connectivity index (χ4v) is 2.09. The zero-order chi connectivity index (χ0) is 8.39. The Balaban J connectivity index is 2.08. The maximum absolute atomic E-state index is 5.45. The Bertz CT molecular complexity index is 254. The molecule has 0 amide bonds. The molecule has 1 aliphatic heterocycles. The van der Waals surface area contributed by atoms with Crippen molar-refractivity contribution in [3.8, 4) is 0 Å². The largest absolute Gasteiger partial charge is 0.367 e. The zero-order valence-corrected chi connectivity index (χ0v) is 7.68. The van der Waals surface area contributed by atoms with Gasteiger partial charge in [0, 0.05) is 24.6 Å². The van der Waals surface area contributed by atoms with E-state index in [1.54, 1.807) is 0 Å². The maximum atomic E-state index is 5.45. The molecule has 66 valence electrons. The van der Waals surface area contributed by atoms with Crippen molar-refractivity contribution < 1.29 is 0 Å². The van der Waals surface area contributed by atoms with Gasteiger partial charge in [-0.15, -0.1) is 0 Å². The molecule has 2 heterocycles. The summed E-state index contributed by atoms with van der Waals surface area (Å²) in [6.45, 7) is 2.21. The lowest BCUT2D eigenvalue weighted by Crippen LogP contribution is -2.29. The predicted octanol–water partition coefficient (Wildman–Crippen LogP) is 1.11. The van der Waals surface area contributed by atoms with Crippen LogP contribution in [0.2, 0.25) is 0 Å². The first-order valence-corrected chi connectivity index (χ1v) is 4.98. The van der Waals surface area contributed by atoms with Gasteiger partial charge in [0.05, 0.1) is 0 Å². The molecule has 0 spiro atoms. The third-order valence-electron chi connectivity index (χ3n) is 2.06. The van der Waals surface area contributed by atoms with E-state index in [9.17, 15) is 0 Å². The Morgan fingerprint density at radius 2 is 2.00 bits per heavy atom. The lowest BCUT2D eigenvalue weighted by Gasteiger charge is -2.25. The molecular formula is C7H12N4S. The Labute approximate surface area is 75.6 Å². The van der Waals surface area contributed by atoms with Crippen LogP contribution >= 0.6 is 11.5 Å². The van der Waals surface area contributed by atoms with Crippen LogP contribution < -0.4 is 10.6 Å². The molecule has 1 aliphatic rings. The van der Waals surface area contributed by atoms with Crippen LogP contribution in [-0.4, -0.2) is 22.4 Å². The maximum Gasteiger partial charge on any atom is 0.233 e.